The monoisotopic (exact) mass is 374 g/mol. The minimum atomic E-state index is -0.0640. The first-order valence-corrected chi connectivity index (χ1v) is 9.39. The summed E-state index contributed by atoms with van der Waals surface area (Å²) in [5.74, 6) is 2.78. The molecule has 6 nitrogen and oxygen atoms in total. The van der Waals surface area contributed by atoms with Crippen molar-refractivity contribution in [3.05, 3.63) is 72.6 Å². The van der Waals surface area contributed by atoms with Gasteiger partial charge in [0.25, 0.3) is 0 Å². The van der Waals surface area contributed by atoms with Gasteiger partial charge in [0.15, 0.2) is 5.78 Å². The highest BCUT2D eigenvalue weighted by atomic mass is 16.5. The molecule has 0 bridgehead atoms. The number of carbonyl (C=O) groups excluding carboxylic acids is 1. The number of ketones is 1. The van der Waals surface area contributed by atoms with Crippen molar-refractivity contribution in [3.63, 3.8) is 0 Å². The topological polar surface area (TPSA) is 81.3 Å². The number of anilines is 2. The molecule has 0 aliphatic carbocycles. The second-order valence-corrected chi connectivity index (χ2v) is 6.89. The Hall–Kier alpha value is -3.41. The maximum absolute atomic E-state index is 13.0. The van der Waals surface area contributed by atoms with Crippen LogP contribution in [-0.4, -0.2) is 28.8 Å². The third-order valence-corrected chi connectivity index (χ3v) is 4.91. The number of Topliss-reactive ketones (excluding diaryl/α,β-unsaturated/α-hetero) is 1. The van der Waals surface area contributed by atoms with Crippen molar-refractivity contribution >= 4 is 17.4 Å². The molecule has 1 saturated heterocycles. The normalized spacial score (nSPS) is 16.6. The zero-order chi connectivity index (χ0) is 19.3. The Bertz CT molecular complexity index is 944. The van der Waals surface area contributed by atoms with Crippen molar-refractivity contribution in [1.29, 1.82) is 0 Å². The Kier molecular flexibility index (Phi) is 5.19. The van der Waals surface area contributed by atoms with E-state index in [-0.39, 0.29) is 11.7 Å². The average molecular weight is 374 g/mol. The molecule has 1 aromatic heterocycles. The summed E-state index contributed by atoms with van der Waals surface area (Å²) in [6.45, 7) is 1.50. The quantitative estimate of drug-likeness (QED) is 0.681. The second kappa shape index (κ2) is 8.08. The number of nitrogen functional groups attached to an aromatic ring is 1. The van der Waals surface area contributed by atoms with Crippen LogP contribution < -0.4 is 15.4 Å². The first-order valence-electron chi connectivity index (χ1n) is 9.39. The van der Waals surface area contributed by atoms with Crippen LogP contribution in [0.5, 0.6) is 11.5 Å². The van der Waals surface area contributed by atoms with Crippen LogP contribution in [0.25, 0.3) is 0 Å². The predicted octanol–water partition coefficient (Wildman–Crippen LogP) is 3.95. The number of piperidine rings is 1. The van der Waals surface area contributed by atoms with Crippen LogP contribution in [0.4, 0.5) is 11.6 Å². The predicted molar refractivity (Wildman–Crippen MR) is 109 cm³/mol. The maximum Gasteiger partial charge on any atom is 0.167 e. The van der Waals surface area contributed by atoms with Crippen molar-refractivity contribution in [1.82, 2.24) is 9.97 Å². The molecule has 2 heterocycles. The molecule has 2 N–H and O–H groups in total. The van der Waals surface area contributed by atoms with Gasteiger partial charge in [-0.05, 0) is 49.2 Å². The van der Waals surface area contributed by atoms with Crippen LogP contribution in [0.1, 0.15) is 23.2 Å². The molecule has 0 unspecified atom stereocenters. The summed E-state index contributed by atoms with van der Waals surface area (Å²) >= 11 is 0. The van der Waals surface area contributed by atoms with Crippen LogP contribution in [0, 0.1) is 5.92 Å². The molecule has 2 aromatic carbocycles. The molecule has 0 spiro atoms. The first kappa shape index (κ1) is 18.0. The molecule has 28 heavy (non-hydrogen) atoms. The lowest BCUT2D eigenvalue weighted by Gasteiger charge is -2.32. The summed E-state index contributed by atoms with van der Waals surface area (Å²) in [7, 11) is 0. The molecule has 142 valence electrons. The minimum absolute atomic E-state index is 0.0640. The van der Waals surface area contributed by atoms with Crippen molar-refractivity contribution in [2.45, 2.75) is 12.8 Å². The van der Waals surface area contributed by atoms with Crippen molar-refractivity contribution in [2.75, 3.05) is 23.7 Å². The van der Waals surface area contributed by atoms with Crippen LogP contribution >= 0.6 is 0 Å². The maximum atomic E-state index is 13.0. The van der Waals surface area contributed by atoms with E-state index >= 15 is 0 Å². The van der Waals surface area contributed by atoms with Crippen LogP contribution in [0.15, 0.2) is 67.0 Å². The highest BCUT2D eigenvalue weighted by Crippen LogP contribution is 2.26. The summed E-state index contributed by atoms with van der Waals surface area (Å²) in [4.78, 5) is 23.3. The van der Waals surface area contributed by atoms with Gasteiger partial charge in [-0.1, -0.05) is 18.2 Å². The van der Waals surface area contributed by atoms with E-state index in [0.717, 1.165) is 31.0 Å². The molecule has 0 radical (unpaired) electrons. The van der Waals surface area contributed by atoms with E-state index in [9.17, 15) is 4.79 Å². The summed E-state index contributed by atoms with van der Waals surface area (Å²) in [5, 5.41) is 0. The molecule has 1 fully saturated rings. The lowest BCUT2D eigenvalue weighted by molar-refractivity contribution is 0.0907. The van der Waals surface area contributed by atoms with Gasteiger partial charge in [0.1, 0.15) is 29.5 Å². The van der Waals surface area contributed by atoms with E-state index in [0.29, 0.717) is 23.7 Å². The van der Waals surface area contributed by atoms with E-state index in [1.54, 1.807) is 6.07 Å². The summed E-state index contributed by atoms with van der Waals surface area (Å²) in [5.41, 5.74) is 6.47. The first-order chi connectivity index (χ1) is 13.7. The van der Waals surface area contributed by atoms with Crippen LogP contribution in [0.2, 0.25) is 0 Å². The van der Waals surface area contributed by atoms with Gasteiger partial charge in [-0.25, -0.2) is 9.97 Å². The largest absolute Gasteiger partial charge is 0.457 e. The van der Waals surface area contributed by atoms with Crippen molar-refractivity contribution < 1.29 is 9.53 Å². The molecule has 1 aliphatic heterocycles. The van der Waals surface area contributed by atoms with Gasteiger partial charge in [-0.2, -0.15) is 0 Å². The summed E-state index contributed by atoms with van der Waals surface area (Å²) in [6, 6.07) is 18.7. The third kappa shape index (κ3) is 4.11. The van der Waals surface area contributed by atoms with E-state index in [4.69, 9.17) is 10.5 Å². The number of nitrogens with two attached hydrogens (primary N) is 1. The molecule has 1 aliphatic rings. The smallest absolute Gasteiger partial charge is 0.167 e. The Morgan fingerprint density at radius 2 is 1.79 bits per heavy atom. The number of hydrogen-bond donors (Lipinski definition) is 1. The number of aromatic nitrogens is 2. The van der Waals surface area contributed by atoms with Gasteiger partial charge in [0.2, 0.25) is 0 Å². The van der Waals surface area contributed by atoms with Crippen molar-refractivity contribution in [2.24, 2.45) is 5.92 Å². The SMILES string of the molecule is Nc1cc(N2CCC[C@H](C(=O)c3ccc(Oc4ccccc4)cc3)C2)ncn1. The lowest BCUT2D eigenvalue weighted by Crippen LogP contribution is -2.39. The average Bonchev–Trinajstić information content (AvgIpc) is 2.75. The van der Waals surface area contributed by atoms with Gasteiger partial charge in [-0.15, -0.1) is 0 Å². The highest BCUT2D eigenvalue weighted by molar-refractivity contribution is 5.98. The second-order valence-electron chi connectivity index (χ2n) is 6.89. The number of para-hydroxylation sites is 1. The number of nitrogens with zero attached hydrogens (tertiary/aromatic N) is 3. The van der Waals surface area contributed by atoms with Crippen molar-refractivity contribution in [3.8, 4) is 11.5 Å². The molecule has 0 amide bonds. The molecular weight excluding hydrogens is 352 g/mol. The molecule has 1 atom stereocenters. The lowest BCUT2D eigenvalue weighted by atomic mass is 9.90. The van der Waals surface area contributed by atoms with Gasteiger partial charge >= 0.3 is 0 Å². The van der Waals surface area contributed by atoms with Gasteiger partial charge in [0, 0.05) is 30.6 Å². The van der Waals surface area contributed by atoms with E-state index in [1.165, 1.54) is 6.33 Å². The number of carbonyl (C=O) groups is 1. The zero-order valence-electron chi connectivity index (χ0n) is 15.5. The Morgan fingerprint density at radius 3 is 2.54 bits per heavy atom. The number of benzene rings is 2. The van der Waals surface area contributed by atoms with E-state index in [1.807, 2.05) is 54.6 Å². The van der Waals surface area contributed by atoms with Gasteiger partial charge in [-0.3, -0.25) is 4.79 Å². The standard InChI is InChI=1S/C22H22N4O2/c23-20-13-21(25-15-24-20)26-12-4-5-17(14-26)22(27)16-8-10-19(11-9-16)28-18-6-2-1-3-7-18/h1-3,6-11,13,15,17H,4-5,12,14H2,(H2,23,24,25)/t17-/m0/s1. The number of hydrogen-bond acceptors (Lipinski definition) is 6. The Morgan fingerprint density at radius 1 is 1.04 bits per heavy atom. The fraction of sp³-hybridized carbons (Fsp3) is 0.227. The molecule has 6 heteroatoms. The zero-order valence-corrected chi connectivity index (χ0v) is 15.5. The molecule has 3 aromatic rings. The number of ether oxygens (including phenoxy) is 1. The highest BCUT2D eigenvalue weighted by Gasteiger charge is 2.27. The van der Waals surface area contributed by atoms with E-state index in [2.05, 4.69) is 14.9 Å². The minimum Gasteiger partial charge on any atom is -0.457 e. The number of rotatable bonds is 5. The molecular formula is C22H22N4O2. The molecule has 0 saturated carbocycles. The van der Waals surface area contributed by atoms with Crippen LogP contribution in [-0.2, 0) is 0 Å². The molecule has 4 rings (SSSR count). The summed E-state index contributed by atoms with van der Waals surface area (Å²) < 4.78 is 5.80. The third-order valence-electron chi connectivity index (χ3n) is 4.91. The fourth-order valence-corrected chi connectivity index (χ4v) is 3.48. The van der Waals surface area contributed by atoms with Crippen LogP contribution in [0.3, 0.4) is 0 Å². The van der Waals surface area contributed by atoms with E-state index < -0.39 is 0 Å². The Balaban J connectivity index is 1.43. The fourth-order valence-electron chi connectivity index (χ4n) is 3.48. The van der Waals surface area contributed by atoms with Gasteiger partial charge in [0.05, 0.1) is 0 Å². The van der Waals surface area contributed by atoms with Gasteiger partial charge < -0.3 is 15.4 Å². The summed E-state index contributed by atoms with van der Waals surface area (Å²) in [6.07, 6.45) is 3.27. The Labute approximate surface area is 164 Å².